The Hall–Kier alpha value is -2.12. The Labute approximate surface area is 126 Å². The van der Waals surface area contributed by atoms with Crippen LogP contribution in [0.25, 0.3) is 0 Å². The summed E-state index contributed by atoms with van der Waals surface area (Å²) in [5.41, 5.74) is 0.703. The van der Waals surface area contributed by atoms with E-state index in [1.807, 2.05) is 0 Å². The third-order valence-corrected chi connectivity index (χ3v) is 4.02. The first-order valence-electron chi connectivity index (χ1n) is 5.80. The molecule has 2 rings (SSSR count). The topological polar surface area (TPSA) is 96.4 Å². The maximum absolute atomic E-state index is 12.0. The fourth-order valence-electron chi connectivity index (χ4n) is 1.67. The molecular formula is C13H11ClN2O4S. The number of aromatic nitrogens is 1. The number of hydrogen-bond donors (Lipinski definition) is 2. The lowest BCUT2D eigenvalue weighted by atomic mass is 10.1. The third kappa shape index (κ3) is 4.44. The molecular weight excluding hydrogens is 316 g/mol. The van der Waals surface area contributed by atoms with Crippen molar-refractivity contribution in [3.63, 3.8) is 0 Å². The molecule has 21 heavy (non-hydrogen) atoms. The van der Waals surface area contributed by atoms with Crippen molar-refractivity contribution in [2.24, 2.45) is 0 Å². The zero-order valence-electron chi connectivity index (χ0n) is 10.7. The van der Waals surface area contributed by atoms with Gasteiger partial charge < -0.3 is 5.11 Å². The van der Waals surface area contributed by atoms with Gasteiger partial charge in [-0.1, -0.05) is 23.7 Å². The van der Waals surface area contributed by atoms with Crippen LogP contribution in [0.5, 0.6) is 0 Å². The van der Waals surface area contributed by atoms with Crippen LogP contribution in [0.2, 0.25) is 5.15 Å². The van der Waals surface area contributed by atoms with E-state index in [4.69, 9.17) is 16.7 Å². The third-order valence-electron chi connectivity index (χ3n) is 2.53. The number of carboxylic acid groups (broad SMARTS) is 1. The van der Waals surface area contributed by atoms with Crippen LogP contribution in [0.3, 0.4) is 0 Å². The minimum atomic E-state index is -3.67. The largest absolute Gasteiger partial charge is 0.478 e. The molecule has 110 valence electrons. The first-order valence-corrected chi connectivity index (χ1v) is 7.83. The number of carboxylic acids is 1. The van der Waals surface area contributed by atoms with Crippen molar-refractivity contribution in [3.8, 4) is 0 Å². The number of pyridine rings is 1. The lowest BCUT2D eigenvalue weighted by Gasteiger charge is -2.08. The second-order valence-corrected chi connectivity index (χ2v) is 6.35. The standard InChI is InChI=1S/C13H11ClN2O4S/c14-12-5-4-11(7-15-12)16-21(19,20)8-9-2-1-3-10(6-9)13(17)18/h1-7,16H,8H2,(H,17,18). The minimum absolute atomic E-state index is 0.0378. The summed E-state index contributed by atoms with van der Waals surface area (Å²) in [5, 5.41) is 9.14. The molecule has 8 heteroatoms. The van der Waals surface area contributed by atoms with Crippen LogP contribution in [0.1, 0.15) is 15.9 Å². The average molecular weight is 327 g/mol. The van der Waals surface area contributed by atoms with Gasteiger partial charge in [0.25, 0.3) is 0 Å². The van der Waals surface area contributed by atoms with Crippen molar-refractivity contribution in [3.05, 3.63) is 58.9 Å². The summed E-state index contributed by atoms with van der Waals surface area (Å²) in [7, 11) is -3.67. The summed E-state index contributed by atoms with van der Waals surface area (Å²) in [6.07, 6.45) is 1.30. The van der Waals surface area contributed by atoms with E-state index in [1.165, 1.54) is 36.5 Å². The van der Waals surface area contributed by atoms with Crippen molar-refractivity contribution in [2.45, 2.75) is 5.75 Å². The number of anilines is 1. The number of hydrogen-bond acceptors (Lipinski definition) is 4. The van der Waals surface area contributed by atoms with Gasteiger partial charge in [0, 0.05) is 0 Å². The van der Waals surface area contributed by atoms with Gasteiger partial charge in [0.1, 0.15) is 5.15 Å². The Morgan fingerprint density at radius 3 is 2.67 bits per heavy atom. The lowest BCUT2D eigenvalue weighted by Crippen LogP contribution is -2.15. The quantitative estimate of drug-likeness (QED) is 0.822. The molecule has 0 saturated heterocycles. The van der Waals surface area contributed by atoms with Gasteiger partial charge in [-0.2, -0.15) is 0 Å². The van der Waals surface area contributed by atoms with E-state index >= 15 is 0 Å². The molecule has 1 aromatic carbocycles. The molecule has 0 aliphatic heterocycles. The number of aromatic carboxylic acids is 1. The van der Waals surface area contributed by atoms with Crippen LogP contribution in [0.4, 0.5) is 5.69 Å². The summed E-state index contributed by atoms with van der Waals surface area (Å²) >= 11 is 5.62. The molecule has 0 aliphatic rings. The lowest BCUT2D eigenvalue weighted by molar-refractivity contribution is 0.0696. The number of nitrogens with one attached hydrogen (secondary N) is 1. The van der Waals surface area contributed by atoms with E-state index in [0.29, 0.717) is 5.56 Å². The van der Waals surface area contributed by atoms with Crippen molar-refractivity contribution in [1.29, 1.82) is 0 Å². The fraction of sp³-hybridized carbons (Fsp3) is 0.0769. The highest BCUT2D eigenvalue weighted by Crippen LogP contribution is 2.15. The molecule has 2 N–H and O–H groups in total. The number of rotatable bonds is 5. The SMILES string of the molecule is O=C(O)c1cccc(CS(=O)(=O)Nc2ccc(Cl)nc2)c1. The Morgan fingerprint density at radius 1 is 1.29 bits per heavy atom. The van der Waals surface area contributed by atoms with E-state index in [9.17, 15) is 13.2 Å². The molecule has 0 bridgehead atoms. The van der Waals surface area contributed by atoms with Crippen LogP contribution >= 0.6 is 11.6 Å². The van der Waals surface area contributed by atoms with Gasteiger partial charge >= 0.3 is 5.97 Å². The molecule has 6 nitrogen and oxygen atoms in total. The Bertz CT molecular complexity index is 760. The molecule has 2 aromatic rings. The van der Waals surface area contributed by atoms with Gasteiger partial charge in [0.15, 0.2) is 0 Å². The van der Waals surface area contributed by atoms with Crippen LogP contribution in [0.15, 0.2) is 42.6 Å². The molecule has 0 unspecified atom stereocenters. The maximum atomic E-state index is 12.0. The van der Waals surface area contributed by atoms with Crippen LogP contribution < -0.4 is 4.72 Å². The van der Waals surface area contributed by atoms with E-state index < -0.39 is 16.0 Å². The predicted molar refractivity (Wildman–Crippen MR) is 78.9 cm³/mol. The normalized spacial score (nSPS) is 11.1. The minimum Gasteiger partial charge on any atom is -0.478 e. The molecule has 0 atom stereocenters. The first kappa shape index (κ1) is 15.3. The highest BCUT2D eigenvalue weighted by molar-refractivity contribution is 7.91. The first-order chi connectivity index (χ1) is 9.85. The molecule has 0 amide bonds. The summed E-state index contributed by atoms with van der Waals surface area (Å²) in [5.74, 6) is -1.44. The van der Waals surface area contributed by atoms with Crippen LogP contribution in [-0.2, 0) is 15.8 Å². The highest BCUT2D eigenvalue weighted by atomic mass is 35.5. The van der Waals surface area contributed by atoms with Crippen molar-refractivity contribution < 1.29 is 18.3 Å². The fourth-order valence-corrected chi connectivity index (χ4v) is 2.95. The van der Waals surface area contributed by atoms with Gasteiger partial charge in [-0.05, 0) is 29.8 Å². The smallest absolute Gasteiger partial charge is 0.335 e. The van der Waals surface area contributed by atoms with E-state index in [1.54, 1.807) is 6.07 Å². The summed E-state index contributed by atoms with van der Waals surface area (Å²) in [6.45, 7) is 0. The summed E-state index contributed by atoms with van der Waals surface area (Å²) < 4.78 is 26.4. The van der Waals surface area contributed by atoms with Gasteiger partial charge in [0.2, 0.25) is 10.0 Å². The average Bonchev–Trinajstić information content (AvgIpc) is 2.41. The van der Waals surface area contributed by atoms with E-state index in [2.05, 4.69) is 9.71 Å². The van der Waals surface area contributed by atoms with Crippen molar-refractivity contribution in [1.82, 2.24) is 4.98 Å². The van der Waals surface area contributed by atoms with E-state index in [-0.39, 0.29) is 22.2 Å². The number of carbonyl (C=O) groups is 1. The number of benzene rings is 1. The van der Waals surface area contributed by atoms with Crippen LogP contribution in [0, 0.1) is 0 Å². The Kier molecular flexibility index (Phi) is 4.44. The van der Waals surface area contributed by atoms with Crippen LogP contribution in [-0.4, -0.2) is 24.5 Å². The number of sulfonamides is 1. The van der Waals surface area contributed by atoms with Gasteiger partial charge in [-0.15, -0.1) is 0 Å². The zero-order valence-corrected chi connectivity index (χ0v) is 12.2. The molecule has 0 radical (unpaired) electrons. The maximum Gasteiger partial charge on any atom is 0.335 e. The predicted octanol–water partition coefficient (Wildman–Crippen LogP) is 2.38. The van der Waals surface area contributed by atoms with Crippen molar-refractivity contribution in [2.75, 3.05) is 4.72 Å². The molecule has 0 fully saturated rings. The molecule has 1 heterocycles. The second-order valence-electron chi connectivity index (χ2n) is 4.24. The molecule has 0 saturated carbocycles. The van der Waals surface area contributed by atoms with Gasteiger partial charge in [-0.25, -0.2) is 18.2 Å². The summed E-state index contributed by atoms with van der Waals surface area (Å²) in [4.78, 5) is 14.6. The summed E-state index contributed by atoms with van der Waals surface area (Å²) in [6, 6.07) is 8.71. The van der Waals surface area contributed by atoms with E-state index in [0.717, 1.165) is 0 Å². The number of halogens is 1. The molecule has 0 aliphatic carbocycles. The zero-order chi connectivity index (χ0) is 15.5. The Balaban J connectivity index is 2.15. The second kappa shape index (κ2) is 6.11. The van der Waals surface area contributed by atoms with Gasteiger partial charge in [-0.3, -0.25) is 4.72 Å². The number of nitrogens with zero attached hydrogens (tertiary/aromatic N) is 1. The highest BCUT2D eigenvalue weighted by Gasteiger charge is 2.13. The monoisotopic (exact) mass is 326 g/mol. The molecule has 0 spiro atoms. The Morgan fingerprint density at radius 2 is 2.05 bits per heavy atom. The molecule has 1 aromatic heterocycles. The van der Waals surface area contributed by atoms with Crippen molar-refractivity contribution >= 4 is 33.3 Å². The van der Waals surface area contributed by atoms with Gasteiger partial charge in [0.05, 0.1) is 23.2 Å².